The van der Waals surface area contributed by atoms with E-state index in [1.807, 2.05) is 30.3 Å². The second-order valence-electron chi connectivity index (χ2n) is 7.27. The molecule has 2 aromatic carbocycles. The first-order valence-corrected chi connectivity index (χ1v) is 11.0. The van der Waals surface area contributed by atoms with Crippen LogP contribution in [0.2, 0.25) is 0 Å². The van der Waals surface area contributed by atoms with Gasteiger partial charge in [-0.2, -0.15) is 0 Å². The number of esters is 2. The molecule has 1 atom stereocenters. The molecule has 0 unspecified atom stereocenters. The van der Waals surface area contributed by atoms with Crippen molar-refractivity contribution in [3.8, 4) is 0 Å². The maximum absolute atomic E-state index is 12.7. The summed E-state index contributed by atoms with van der Waals surface area (Å²) in [7, 11) is 1.56. The molecule has 0 heterocycles. The highest BCUT2D eigenvalue weighted by Gasteiger charge is 2.24. The van der Waals surface area contributed by atoms with Crippen LogP contribution in [0.4, 0.5) is 10.5 Å². The van der Waals surface area contributed by atoms with Gasteiger partial charge in [0.15, 0.2) is 0 Å². The van der Waals surface area contributed by atoms with E-state index >= 15 is 0 Å². The minimum absolute atomic E-state index is 0.0353. The van der Waals surface area contributed by atoms with Crippen molar-refractivity contribution < 1.29 is 33.4 Å². The van der Waals surface area contributed by atoms with Crippen LogP contribution in [0.15, 0.2) is 54.6 Å². The maximum atomic E-state index is 12.7. The van der Waals surface area contributed by atoms with Crippen molar-refractivity contribution in [1.29, 1.82) is 0 Å². The fourth-order valence-electron chi connectivity index (χ4n) is 2.99. The van der Waals surface area contributed by atoms with Gasteiger partial charge in [-0.15, -0.1) is 0 Å². The van der Waals surface area contributed by atoms with Crippen molar-refractivity contribution in [2.75, 3.05) is 25.2 Å². The molecule has 0 saturated carbocycles. The highest BCUT2D eigenvalue weighted by molar-refractivity contribution is 5.97. The SMILES string of the molecule is CCOC(=O)CC[C@H](NC(=O)c1ccc(N(C)C(=O)OCc2ccccc2)cc1)C(=O)OCC. The number of nitrogens with zero attached hydrogens (tertiary/aromatic N) is 1. The van der Waals surface area contributed by atoms with Gasteiger partial charge in [0.05, 0.1) is 13.2 Å². The van der Waals surface area contributed by atoms with Crippen LogP contribution in [-0.2, 0) is 30.4 Å². The maximum Gasteiger partial charge on any atom is 0.414 e. The summed E-state index contributed by atoms with van der Waals surface area (Å²) in [6.07, 6.45) is -0.522. The van der Waals surface area contributed by atoms with Crippen molar-refractivity contribution in [2.24, 2.45) is 0 Å². The molecule has 0 aromatic heterocycles. The molecule has 2 aromatic rings. The summed E-state index contributed by atoms with van der Waals surface area (Å²) in [5, 5.41) is 2.60. The van der Waals surface area contributed by atoms with E-state index in [9.17, 15) is 19.2 Å². The zero-order chi connectivity index (χ0) is 24.9. The lowest BCUT2D eigenvalue weighted by Gasteiger charge is -2.19. The van der Waals surface area contributed by atoms with Gasteiger partial charge in [-0.25, -0.2) is 9.59 Å². The Morgan fingerprint density at radius 2 is 1.53 bits per heavy atom. The largest absolute Gasteiger partial charge is 0.466 e. The topological polar surface area (TPSA) is 111 Å². The number of carbonyl (C=O) groups excluding carboxylic acids is 4. The fraction of sp³-hybridized carbons (Fsp3) is 0.360. The van der Waals surface area contributed by atoms with Gasteiger partial charge in [-0.3, -0.25) is 14.5 Å². The monoisotopic (exact) mass is 470 g/mol. The molecule has 182 valence electrons. The van der Waals surface area contributed by atoms with Gasteiger partial charge in [0.1, 0.15) is 12.6 Å². The molecule has 0 aliphatic rings. The van der Waals surface area contributed by atoms with E-state index in [1.54, 1.807) is 33.0 Å². The van der Waals surface area contributed by atoms with E-state index in [0.717, 1.165) is 5.56 Å². The van der Waals surface area contributed by atoms with Crippen LogP contribution in [0.25, 0.3) is 0 Å². The summed E-state index contributed by atoms with van der Waals surface area (Å²) in [4.78, 5) is 50.2. The molecular weight excluding hydrogens is 440 g/mol. The molecule has 0 fully saturated rings. The Balaban J connectivity index is 1.97. The summed E-state index contributed by atoms with van der Waals surface area (Å²) < 4.78 is 15.2. The van der Waals surface area contributed by atoms with Crippen LogP contribution in [0.1, 0.15) is 42.6 Å². The number of nitrogens with one attached hydrogen (secondary N) is 1. The molecule has 2 amide bonds. The van der Waals surface area contributed by atoms with Gasteiger partial charge < -0.3 is 19.5 Å². The van der Waals surface area contributed by atoms with Crippen LogP contribution in [-0.4, -0.2) is 50.2 Å². The Morgan fingerprint density at radius 1 is 0.882 bits per heavy atom. The average molecular weight is 471 g/mol. The first kappa shape index (κ1) is 26.4. The van der Waals surface area contributed by atoms with Crippen molar-refractivity contribution in [3.63, 3.8) is 0 Å². The minimum Gasteiger partial charge on any atom is -0.466 e. The van der Waals surface area contributed by atoms with E-state index in [0.29, 0.717) is 5.69 Å². The molecule has 1 N–H and O–H groups in total. The zero-order valence-corrected chi connectivity index (χ0v) is 19.6. The lowest BCUT2D eigenvalue weighted by atomic mass is 10.1. The molecule has 0 aliphatic carbocycles. The molecule has 0 saturated heterocycles. The second kappa shape index (κ2) is 13.6. The van der Waals surface area contributed by atoms with Gasteiger partial charge >= 0.3 is 18.0 Å². The van der Waals surface area contributed by atoms with Crippen molar-refractivity contribution in [2.45, 2.75) is 39.3 Å². The third-order valence-electron chi connectivity index (χ3n) is 4.81. The summed E-state index contributed by atoms with van der Waals surface area (Å²) in [5.74, 6) is -1.60. The smallest absolute Gasteiger partial charge is 0.414 e. The molecular formula is C25H30N2O7. The molecule has 9 nitrogen and oxygen atoms in total. The predicted molar refractivity (Wildman–Crippen MR) is 125 cm³/mol. The van der Waals surface area contributed by atoms with E-state index in [2.05, 4.69) is 5.32 Å². The van der Waals surface area contributed by atoms with Crippen molar-refractivity contribution in [1.82, 2.24) is 5.32 Å². The standard InChI is InChI=1S/C25H30N2O7/c1-4-32-22(28)16-15-21(24(30)33-5-2)26-23(29)19-11-13-20(14-12-19)27(3)25(31)34-17-18-9-7-6-8-10-18/h6-14,21H,4-5,15-17H2,1-3H3,(H,26,29)/t21-/m0/s1. The Labute approximate surface area is 199 Å². The van der Waals surface area contributed by atoms with Gasteiger partial charge in [0, 0.05) is 24.7 Å². The Bertz CT molecular complexity index is 961. The number of rotatable bonds is 11. The molecule has 2 rings (SSSR count). The number of carbonyl (C=O) groups is 4. The number of hydrogen-bond acceptors (Lipinski definition) is 7. The molecule has 9 heteroatoms. The lowest BCUT2D eigenvalue weighted by molar-refractivity contribution is -0.146. The summed E-state index contributed by atoms with van der Waals surface area (Å²) in [6, 6.07) is 14.6. The van der Waals surface area contributed by atoms with Gasteiger partial charge in [-0.05, 0) is 50.1 Å². The van der Waals surface area contributed by atoms with Gasteiger partial charge in [0.25, 0.3) is 5.91 Å². The Hall–Kier alpha value is -3.88. The van der Waals surface area contributed by atoms with E-state index in [4.69, 9.17) is 14.2 Å². The van der Waals surface area contributed by atoms with E-state index in [-0.39, 0.29) is 38.2 Å². The summed E-state index contributed by atoms with van der Waals surface area (Å²) >= 11 is 0. The number of benzene rings is 2. The van der Waals surface area contributed by atoms with Crippen LogP contribution in [0.5, 0.6) is 0 Å². The third kappa shape index (κ3) is 8.23. The first-order valence-electron chi connectivity index (χ1n) is 11.0. The summed E-state index contributed by atoms with van der Waals surface area (Å²) in [5.41, 5.74) is 1.68. The quantitative estimate of drug-likeness (QED) is 0.395. The molecule has 0 radical (unpaired) electrons. The van der Waals surface area contributed by atoms with Crippen LogP contribution in [0.3, 0.4) is 0 Å². The van der Waals surface area contributed by atoms with E-state index < -0.39 is 30.0 Å². The minimum atomic E-state index is -0.993. The third-order valence-corrected chi connectivity index (χ3v) is 4.81. The van der Waals surface area contributed by atoms with Gasteiger partial charge in [0.2, 0.25) is 0 Å². The number of hydrogen-bond donors (Lipinski definition) is 1. The second-order valence-corrected chi connectivity index (χ2v) is 7.27. The van der Waals surface area contributed by atoms with Crippen LogP contribution in [0, 0.1) is 0 Å². The molecule has 0 aliphatic heterocycles. The van der Waals surface area contributed by atoms with Crippen molar-refractivity contribution in [3.05, 3.63) is 65.7 Å². The average Bonchev–Trinajstić information content (AvgIpc) is 2.85. The lowest BCUT2D eigenvalue weighted by Crippen LogP contribution is -2.42. The number of amides is 2. The molecule has 34 heavy (non-hydrogen) atoms. The zero-order valence-electron chi connectivity index (χ0n) is 19.6. The predicted octanol–water partition coefficient (Wildman–Crippen LogP) is 3.46. The highest BCUT2D eigenvalue weighted by atomic mass is 16.6. The van der Waals surface area contributed by atoms with E-state index in [1.165, 1.54) is 17.0 Å². The Kier molecular flexibility index (Phi) is 10.6. The van der Waals surface area contributed by atoms with Gasteiger partial charge in [-0.1, -0.05) is 30.3 Å². The molecule has 0 spiro atoms. The highest BCUT2D eigenvalue weighted by Crippen LogP contribution is 2.16. The first-order chi connectivity index (χ1) is 16.3. The molecule has 0 bridgehead atoms. The normalized spacial score (nSPS) is 11.1. The number of ether oxygens (including phenoxy) is 3. The van der Waals surface area contributed by atoms with Crippen LogP contribution < -0.4 is 10.2 Å². The Morgan fingerprint density at radius 3 is 2.15 bits per heavy atom. The van der Waals surface area contributed by atoms with Crippen LogP contribution >= 0.6 is 0 Å². The number of anilines is 1. The summed E-state index contributed by atoms with van der Waals surface area (Å²) in [6.45, 7) is 3.86. The van der Waals surface area contributed by atoms with Crippen molar-refractivity contribution >= 4 is 29.6 Å². The fourth-order valence-corrected chi connectivity index (χ4v) is 2.99.